The van der Waals surface area contributed by atoms with E-state index in [4.69, 9.17) is 0 Å². The highest BCUT2D eigenvalue weighted by molar-refractivity contribution is 9.10. The molecule has 0 aliphatic carbocycles. The summed E-state index contributed by atoms with van der Waals surface area (Å²) in [6.07, 6.45) is 3.19. The van der Waals surface area contributed by atoms with Crippen LogP contribution < -0.4 is 0 Å². The number of benzene rings is 1. The van der Waals surface area contributed by atoms with E-state index in [-0.39, 0.29) is 0 Å². The molecule has 0 saturated heterocycles. The van der Waals surface area contributed by atoms with E-state index in [1.807, 2.05) is 22.7 Å². The second-order valence-corrected chi connectivity index (χ2v) is 6.11. The molecule has 0 saturated carbocycles. The third-order valence-electron chi connectivity index (χ3n) is 2.91. The standard InChI is InChI=1S/C13H13BrN4S/c1-2-3-8-11-15-16-13-18(11)17-12(19-13)9-6-4-5-7-10(9)14/h4-7H,2-3,8H2,1H3. The van der Waals surface area contributed by atoms with E-state index in [1.54, 1.807) is 11.3 Å². The van der Waals surface area contributed by atoms with Gasteiger partial charge in [0.05, 0.1) is 0 Å². The molecule has 3 rings (SSSR count). The SMILES string of the molecule is CCCCc1nnc2sc(-c3ccccc3Br)nn12. The van der Waals surface area contributed by atoms with Gasteiger partial charge in [-0.1, -0.05) is 58.8 Å². The number of halogens is 1. The molecule has 0 atom stereocenters. The van der Waals surface area contributed by atoms with Crippen molar-refractivity contribution in [1.82, 2.24) is 19.8 Å². The van der Waals surface area contributed by atoms with Gasteiger partial charge >= 0.3 is 0 Å². The van der Waals surface area contributed by atoms with Crippen LogP contribution in [0.5, 0.6) is 0 Å². The molecule has 0 bridgehead atoms. The van der Waals surface area contributed by atoms with Crippen molar-refractivity contribution in [1.29, 1.82) is 0 Å². The highest BCUT2D eigenvalue weighted by Crippen LogP contribution is 2.31. The van der Waals surface area contributed by atoms with Gasteiger partial charge in [0, 0.05) is 16.5 Å². The molecule has 1 aromatic carbocycles. The number of rotatable bonds is 4. The number of hydrogen-bond donors (Lipinski definition) is 0. The van der Waals surface area contributed by atoms with E-state index >= 15 is 0 Å². The molecular formula is C13H13BrN4S. The lowest BCUT2D eigenvalue weighted by Gasteiger charge is -1.98. The van der Waals surface area contributed by atoms with E-state index in [9.17, 15) is 0 Å². The average molecular weight is 337 g/mol. The Balaban J connectivity index is 2.03. The van der Waals surface area contributed by atoms with Gasteiger partial charge in [-0.25, -0.2) is 0 Å². The van der Waals surface area contributed by atoms with Crippen molar-refractivity contribution in [3.63, 3.8) is 0 Å². The normalized spacial score (nSPS) is 11.3. The van der Waals surface area contributed by atoms with E-state index < -0.39 is 0 Å². The van der Waals surface area contributed by atoms with Gasteiger partial charge in [0.25, 0.3) is 0 Å². The third-order valence-corrected chi connectivity index (χ3v) is 4.54. The van der Waals surface area contributed by atoms with Crippen LogP contribution in [0.4, 0.5) is 0 Å². The van der Waals surface area contributed by atoms with E-state index in [0.717, 1.165) is 45.1 Å². The van der Waals surface area contributed by atoms with Crippen LogP contribution in [-0.4, -0.2) is 19.8 Å². The van der Waals surface area contributed by atoms with Crippen LogP contribution >= 0.6 is 27.3 Å². The highest BCUT2D eigenvalue weighted by Gasteiger charge is 2.13. The maximum absolute atomic E-state index is 4.64. The quantitative estimate of drug-likeness (QED) is 0.724. The molecule has 98 valence electrons. The van der Waals surface area contributed by atoms with Gasteiger partial charge in [0.15, 0.2) is 5.82 Å². The van der Waals surface area contributed by atoms with E-state index in [0.29, 0.717) is 0 Å². The summed E-state index contributed by atoms with van der Waals surface area (Å²) in [6.45, 7) is 2.17. The minimum Gasteiger partial charge on any atom is -0.187 e. The number of unbranched alkanes of at least 4 members (excludes halogenated alkanes) is 1. The summed E-state index contributed by atoms with van der Waals surface area (Å²) in [5.74, 6) is 0.950. The lowest BCUT2D eigenvalue weighted by atomic mass is 10.2. The molecule has 2 aromatic heterocycles. The molecule has 4 nitrogen and oxygen atoms in total. The Morgan fingerprint density at radius 2 is 2.11 bits per heavy atom. The van der Waals surface area contributed by atoms with Crippen molar-refractivity contribution in [3.8, 4) is 10.6 Å². The fourth-order valence-electron chi connectivity index (χ4n) is 1.89. The zero-order chi connectivity index (χ0) is 13.2. The summed E-state index contributed by atoms with van der Waals surface area (Å²) in [4.78, 5) is 0.858. The van der Waals surface area contributed by atoms with Crippen LogP contribution in [0.15, 0.2) is 28.7 Å². The van der Waals surface area contributed by atoms with Gasteiger partial charge in [-0.05, 0) is 12.5 Å². The summed E-state index contributed by atoms with van der Waals surface area (Å²) in [7, 11) is 0. The Kier molecular flexibility index (Phi) is 3.61. The Labute approximate surface area is 123 Å². The Hall–Kier alpha value is -1.27. The molecular weight excluding hydrogens is 324 g/mol. The van der Waals surface area contributed by atoms with Crippen molar-refractivity contribution < 1.29 is 0 Å². The van der Waals surface area contributed by atoms with E-state index in [2.05, 4.69) is 44.2 Å². The topological polar surface area (TPSA) is 43.1 Å². The van der Waals surface area contributed by atoms with Crippen molar-refractivity contribution in [2.75, 3.05) is 0 Å². The number of nitrogens with zero attached hydrogens (tertiary/aromatic N) is 4. The lowest BCUT2D eigenvalue weighted by molar-refractivity contribution is 0.723. The number of aromatic nitrogens is 4. The molecule has 0 aliphatic heterocycles. The predicted molar refractivity (Wildman–Crippen MR) is 80.4 cm³/mol. The van der Waals surface area contributed by atoms with Crippen molar-refractivity contribution in [3.05, 3.63) is 34.6 Å². The third kappa shape index (κ3) is 2.42. The molecule has 0 fully saturated rings. The minimum absolute atomic E-state index is 0.858. The van der Waals surface area contributed by atoms with Gasteiger partial charge in [-0.3, -0.25) is 0 Å². The van der Waals surface area contributed by atoms with Gasteiger partial charge in [0.1, 0.15) is 5.01 Å². The first-order chi connectivity index (χ1) is 9.29. The summed E-state index contributed by atoms with van der Waals surface area (Å²) < 4.78 is 2.92. The van der Waals surface area contributed by atoms with E-state index in [1.165, 1.54) is 0 Å². The average Bonchev–Trinajstić information content (AvgIpc) is 2.97. The van der Waals surface area contributed by atoms with Crippen molar-refractivity contribution in [2.24, 2.45) is 0 Å². The first-order valence-electron chi connectivity index (χ1n) is 6.25. The Bertz CT molecular complexity index is 704. The van der Waals surface area contributed by atoms with Crippen molar-refractivity contribution >= 4 is 32.2 Å². The molecule has 0 spiro atoms. The first-order valence-corrected chi connectivity index (χ1v) is 7.86. The van der Waals surface area contributed by atoms with Crippen LogP contribution in [0.25, 0.3) is 15.5 Å². The summed E-state index contributed by atoms with van der Waals surface area (Å²) in [5.41, 5.74) is 1.10. The van der Waals surface area contributed by atoms with Crippen molar-refractivity contribution in [2.45, 2.75) is 26.2 Å². The molecule has 19 heavy (non-hydrogen) atoms. The van der Waals surface area contributed by atoms with Crippen LogP contribution in [0.1, 0.15) is 25.6 Å². The molecule has 2 heterocycles. The second kappa shape index (κ2) is 5.38. The first kappa shape index (κ1) is 12.7. The summed E-state index contributed by atoms with van der Waals surface area (Å²) in [5, 5.41) is 14.0. The maximum atomic E-state index is 4.64. The maximum Gasteiger partial charge on any atom is 0.234 e. The zero-order valence-corrected chi connectivity index (χ0v) is 12.9. The van der Waals surface area contributed by atoms with Crippen LogP contribution in [0, 0.1) is 0 Å². The fourth-order valence-corrected chi connectivity index (χ4v) is 3.39. The second-order valence-electron chi connectivity index (χ2n) is 4.30. The smallest absolute Gasteiger partial charge is 0.187 e. The molecule has 3 aromatic rings. The number of hydrogen-bond acceptors (Lipinski definition) is 4. The fraction of sp³-hybridized carbons (Fsp3) is 0.308. The molecule has 0 amide bonds. The van der Waals surface area contributed by atoms with Crippen LogP contribution in [0.3, 0.4) is 0 Å². The molecule has 0 aliphatic rings. The number of fused-ring (bicyclic) bond motifs is 1. The highest BCUT2D eigenvalue weighted by atomic mass is 79.9. The summed E-state index contributed by atoms with van der Waals surface area (Å²) in [6, 6.07) is 8.10. The van der Waals surface area contributed by atoms with Gasteiger partial charge < -0.3 is 0 Å². The Morgan fingerprint density at radius 1 is 1.26 bits per heavy atom. The number of aryl methyl sites for hydroxylation is 1. The minimum atomic E-state index is 0.858. The largest absolute Gasteiger partial charge is 0.234 e. The lowest BCUT2D eigenvalue weighted by Crippen LogP contribution is -1.96. The predicted octanol–water partition coefficient (Wildman–Crippen LogP) is 3.96. The van der Waals surface area contributed by atoms with Gasteiger partial charge in [-0.15, -0.1) is 10.2 Å². The summed E-state index contributed by atoms with van der Waals surface area (Å²) >= 11 is 5.13. The van der Waals surface area contributed by atoms with Gasteiger partial charge in [-0.2, -0.15) is 9.61 Å². The monoisotopic (exact) mass is 336 g/mol. The molecule has 0 N–H and O–H groups in total. The zero-order valence-electron chi connectivity index (χ0n) is 10.5. The van der Waals surface area contributed by atoms with Crippen LogP contribution in [-0.2, 0) is 6.42 Å². The molecule has 0 unspecified atom stereocenters. The Morgan fingerprint density at radius 3 is 2.89 bits per heavy atom. The molecule has 0 radical (unpaired) electrons. The van der Waals surface area contributed by atoms with Crippen LogP contribution in [0.2, 0.25) is 0 Å². The molecule has 6 heteroatoms. The van der Waals surface area contributed by atoms with Gasteiger partial charge in [0.2, 0.25) is 4.96 Å².